The SMILES string of the molecule is CN(C(=O)c1cc2c(cc1C=O)CN(CC1(F)CCN(C=O)CC1)C2)C1CCC(=O)NC1=O. The van der Waals surface area contributed by atoms with Crippen molar-refractivity contribution in [3.05, 3.63) is 34.4 Å². The summed E-state index contributed by atoms with van der Waals surface area (Å²) in [4.78, 5) is 64.2. The number of carbonyl (C=O) groups excluding carboxylic acids is 5. The maximum absolute atomic E-state index is 15.3. The van der Waals surface area contributed by atoms with Crippen LogP contribution in [-0.4, -0.2) is 83.5 Å². The van der Waals surface area contributed by atoms with Crippen molar-refractivity contribution in [1.82, 2.24) is 20.0 Å². The van der Waals surface area contributed by atoms with Crippen molar-refractivity contribution in [2.45, 2.75) is 50.5 Å². The smallest absolute Gasteiger partial charge is 0.255 e. The number of amides is 4. The van der Waals surface area contributed by atoms with E-state index in [0.717, 1.165) is 17.5 Å². The van der Waals surface area contributed by atoms with Crippen LogP contribution < -0.4 is 5.32 Å². The van der Waals surface area contributed by atoms with Gasteiger partial charge in [-0.05, 0) is 29.7 Å². The molecule has 3 aliphatic rings. The van der Waals surface area contributed by atoms with E-state index in [4.69, 9.17) is 0 Å². The number of alkyl halides is 1. The van der Waals surface area contributed by atoms with E-state index in [9.17, 15) is 24.0 Å². The van der Waals surface area contributed by atoms with Gasteiger partial charge in [0, 0.05) is 64.6 Å². The van der Waals surface area contributed by atoms with E-state index < -0.39 is 23.5 Å². The van der Waals surface area contributed by atoms with Crippen molar-refractivity contribution < 1.29 is 28.4 Å². The average Bonchev–Trinajstić information content (AvgIpc) is 3.18. The van der Waals surface area contributed by atoms with Gasteiger partial charge < -0.3 is 9.80 Å². The summed E-state index contributed by atoms with van der Waals surface area (Å²) in [6.45, 7) is 1.91. The van der Waals surface area contributed by atoms with Gasteiger partial charge in [0.1, 0.15) is 11.7 Å². The van der Waals surface area contributed by atoms with E-state index in [1.165, 1.54) is 11.9 Å². The van der Waals surface area contributed by atoms with Crippen LogP contribution in [0.15, 0.2) is 12.1 Å². The number of likely N-dealkylation sites (tertiary alicyclic amines) is 1. The molecule has 3 heterocycles. The Morgan fingerprint density at radius 2 is 1.88 bits per heavy atom. The molecule has 176 valence electrons. The molecule has 1 aromatic carbocycles. The van der Waals surface area contributed by atoms with Gasteiger partial charge in [-0.3, -0.25) is 34.2 Å². The molecule has 4 rings (SSSR count). The number of hydrogen-bond donors (Lipinski definition) is 1. The minimum absolute atomic E-state index is 0.142. The number of hydrogen-bond acceptors (Lipinski definition) is 6. The fourth-order valence-electron chi connectivity index (χ4n) is 4.91. The molecular formula is C23H27FN4O5. The summed E-state index contributed by atoms with van der Waals surface area (Å²) < 4.78 is 15.3. The Balaban J connectivity index is 1.48. The quantitative estimate of drug-likeness (QED) is 0.496. The van der Waals surface area contributed by atoms with E-state index in [2.05, 4.69) is 5.32 Å². The van der Waals surface area contributed by atoms with Crippen molar-refractivity contribution >= 4 is 30.4 Å². The Labute approximate surface area is 190 Å². The third kappa shape index (κ3) is 4.66. The first-order valence-corrected chi connectivity index (χ1v) is 11.1. The lowest BCUT2D eigenvalue weighted by Crippen LogP contribution is -2.53. The van der Waals surface area contributed by atoms with Crippen molar-refractivity contribution in [2.24, 2.45) is 0 Å². The molecule has 2 saturated heterocycles. The number of piperidine rings is 2. The molecule has 1 unspecified atom stereocenters. The Morgan fingerprint density at radius 3 is 2.48 bits per heavy atom. The van der Waals surface area contributed by atoms with E-state index >= 15 is 4.39 Å². The van der Waals surface area contributed by atoms with Crippen LogP contribution in [0.1, 0.15) is 57.5 Å². The second-order valence-corrected chi connectivity index (χ2v) is 9.15. The van der Waals surface area contributed by atoms with Gasteiger partial charge in [-0.1, -0.05) is 0 Å². The van der Waals surface area contributed by atoms with Crippen LogP contribution in [0.5, 0.6) is 0 Å². The number of carbonyl (C=O) groups is 5. The predicted octanol–water partition coefficient (Wildman–Crippen LogP) is 0.652. The Hall–Kier alpha value is -3.14. The van der Waals surface area contributed by atoms with Crippen LogP contribution in [0.4, 0.5) is 4.39 Å². The van der Waals surface area contributed by atoms with E-state index in [-0.39, 0.29) is 49.3 Å². The second-order valence-electron chi connectivity index (χ2n) is 9.15. The number of fused-ring (bicyclic) bond motifs is 1. The molecule has 0 bridgehead atoms. The highest BCUT2D eigenvalue weighted by Gasteiger charge is 2.38. The molecule has 4 amide bonds. The number of halogens is 1. The van der Waals surface area contributed by atoms with Crippen LogP contribution in [0.2, 0.25) is 0 Å². The van der Waals surface area contributed by atoms with Gasteiger partial charge >= 0.3 is 0 Å². The minimum atomic E-state index is -1.39. The third-order valence-electron chi connectivity index (χ3n) is 6.87. The molecule has 1 atom stereocenters. The Morgan fingerprint density at radius 1 is 1.21 bits per heavy atom. The summed E-state index contributed by atoms with van der Waals surface area (Å²) in [6, 6.07) is 2.53. The lowest BCUT2D eigenvalue weighted by molar-refractivity contribution is -0.136. The van der Waals surface area contributed by atoms with Crippen molar-refractivity contribution in [3.8, 4) is 0 Å². The van der Waals surface area contributed by atoms with E-state index in [1.54, 1.807) is 17.0 Å². The lowest BCUT2D eigenvalue weighted by atomic mass is 9.93. The number of aldehydes is 1. The molecule has 10 heteroatoms. The topological polar surface area (TPSA) is 107 Å². The molecule has 0 saturated carbocycles. The van der Waals surface area contributed by atoms with Gasteiger partial charge in [0.05, 0.1) is 5.56 Å². The van der Waals surface area contributed by atoms with Crippen LogP contribution >= 0.6 is 0 Å². The zero-order valence-electron chi connectivity index (χ0n) is 18.5. The van der Waals surface area contributed by atoms with Gasteiger partial charge in [-0.15, -0.1) is 0 Å². The third-order valence-corrected chi connectivity index (χ3v) is 6.87. The summed E-state index contributed by atoms with van der Waals surface area (Å²) in [5, 5.41) is 2.24. The maximum atomic E-state index is 15.3. The Kier molecular flexibility index (Phi) is 6.29. The molecule has 1 N–H and O–H groups in total. The number of nitrogens with one attached hydrogen (secondary N) is 1. The number of benzene rings is 1. The number of imide groups is 1. The number of nitrogens with zero attached hydrogens (tertiary/aromatic N) is 3. The minimum Gasteiger partial charge on any atom is -0.345 e. The van der Waals surface area contributed by atoms with Gasteiger partial charge in [-0.25, -0.2) is 4.39 Å². The van der Waals surface area contributed by atoms with Crippen molar-refractivity contribution in [1.29, 1.82) is 0 Å². The van der Waals surface area contributed by atoms with Crippen LogP contribution in [-0.2, 0) is 27.5 Å². The Bertz CT molecular complexity index is 1000. The normalized spacial score (nSPS) is 22.5. The standard InChI is InChI=1S/C23H27FN4O5/c1-26(19-2-3-20(31)25-21(19)32)22(33)18-9-16-11-28(10-15(16)8-17(18)12-29)13-23(24)4-6-27(14-30)7-5-23/h8-9,12,14,19H,2-7,10-11,13H2,1H3,(H,25,31,32). The van der Waals surface area contributed by atoms with Gasteiger partial charge in [0.15, 0.2) is 6.29 Å². The second kappa shape index (κ2) is 9.01. The van der Waals surface area contributed by atoms with E-state index in [1.807, 2.05) is 4.90 Å². The molecule has 0 radical (unpaired) electrons. The zero-order valence-corrected chi connectivity index (χ0v) is 18.5. The summed E-state index contributed by atoms with van der Waals surface area (Å²) in [7, 11) is 1.48. The predicted molar refractivity (Wildman–Crippen MR) is 115 cm³/mol. The van der Waals surface area contributed by atoms with Gasteiger partial charge in [0.25, 0.3) is 5.91 Å². The van der Waals surface area contributed by atoms with Crippen LogP contribution in [0.25, 0.3) is 0 Å². The molecule has 0 aliphatic carbocycles. The average molecular weight is 458 g/mol. The fourth-order valence-corrected chi connectivity index (χ4v) is 4.91. The van der Waals surface area contributed by atoms with Gasteiger partial charge in [-0.2, -0.15) is 0 Å². The van der Waals surface area contributed by atoms with E-state index in [0.29, 0.717) is 32.5 Å². The molecule has 0 aromatic heterocycles. The molecule has 3 aliphatic heterocycles. The molecule has 0 spiro atoms. The van der Waals surface area contributed by atoms with Gasteiger partial charge in [0.2, 0.25) is 18.2 Å². The largest absolute Gasteiger partial charge is 0.345 e. The monoisotopic (exact) mass is 458 g/mol. The van der Waals surface area contributed by atoms with Crippen LogP contribution in [0.3, 0.4) is 0 Å². The molecule has 9 nitrogen and oxygen atoms in total. The molecule has 1 aromatic rings. The first kappa shape index (κ1) is 23.0. The first-order chi connectivity index (χ1) is 15.7. The summed E-state index contributed by atoms with van der Waals surface area (Å²) >= 11 is 0. The summed E-state index contributed by atoms with van der Waals surface area (Å²) in [5.41, 5.74) is 0.724. The van der Waals surface area contributed by atoms with Crippen molar-refractivity contribution in [3.63, 3.8) is 0 Å². The first-order valence-electron chi connectivity index (χ1n) is 11.1. The maximum Gasteiger partial charge on any atom is 0.255 e. The van der Waals surface area contributed by atoms with Crippen molar-refractivity contribution in [2.75, 3.05) is 26.7 Å². The molecular weight excluding hydrogens is 431 g/mol. The fraction of sp³-hybridized carbons (Fsp3) is 0.522. The molecule has 33 heavy (non-hydrogen) atoms. The zero-order chi connectivity index (χ0) is 23.8. The highest BCUT2D eigenvalue weighted by molar-refractivity contribution is 6.06. The summed E-state index contributed by atoms with van der Waals surface area (Å²) in [6.07, 6.45) is 2.28. The van der Waals surface area contributed by atoms with Crippen LogP contribution in [0, 0.1) is 0 Å². The summed E-state index contributed by atoms with van der Waals surface area (Å²) in [5.74, 6) is -1.38. The lowest BCUT2D eigenvalue weighted by Gasteiger charge is -2.36. The highest BCUT2D eigenvalue weighted by Crippen LogP contribution is 2.32. The molecule has 2 fully saturated rings. The number of rotatable bonds is 6. The highest BCUT2D eigenvalue weighted by atomic mass is 19.1. The number of likely N-dealkylation sites (N-methyl/N-ethyl adjacent to an activating group) is 1.